The lowest BCUT2D eigenvalue weighted by atomic mass is 10.1. The molecule has 0 amide bonds. The van der Waals surface area contributed by atoms with E-state index in [1.807, 2.05) is 0 Å². The highest BCUT2D eigenvalue weighted by molar-refractivity contribution is 5.66. The van der Waals surface area contributed by atoms with Gasteiger partial charge in [-0.15, -0.1) is 13.2 Å². The van der Waals surface area contributed by atoms with Crippen molar-refractivity contribution in [1.29, 1.82) is 0 Å². The van der Waals surface area contributed by atoms with Crippen molar-refractivity contribution in [3.63, 3.8) is 0 Å². The van der Waals surface area contributed by atoms with E-state index in [0.29, 0.717) is 0 Å². The van der Waals surface area contributed by atoms with Gasteiger partial charge in [-0.1, -0.05) is 12.1 Å². The van der Waals surface area contributed by atoms with Gasteiger partial charge in [0, 0.05) is 17.8 Å². The van der Waals surface area contributed by atoms with Crippen molar-refractivity contribution in [3.8, 4) is 17.0 Å². The predicted octanol–water partition coefficient (Wildman–Crippen LogP) is 3.79. The summed E-state index contributed by atoms with van der Waals surface area (Å²) < 4.78 is 53.5. The van der Waals surface area contributed by atoms with Crippen LogP contribution < -0.4 is 4.74 Å². The summed E-state index contributed by atoms with van der Waals surface area (Å²) in [4.78, 5) is 3.81. The Labute approximate surface area is 99.8 Å². The molecule has 1 aromatic carbocycles. The zero-order valence-corrected chi connectivity index (χ0v) is 8.91. The smallest absolute Gasteiger partial charge is 0.405 e. The van der Waals surface area contributed by atoms with Gasteiger partial charge in [-0.25, -0.2) is 4.39 Å². The van der Waals surface area contributed by atoms with E-state index in [1.54, 1.807) is 0 Å². The first-order valence-corrected chi connectivity index (χ1v) is 4.92. The number of alkyl halides is 3. The number of para-hydroxylation sites is 1. The van der Waals surface area contributed by atoms with Gasteiger partial charge in [0.15, 0.2) is 0 Å². The van der Waals surface area contributed by atoms with Gasteiger partial charge in [-0.3, -0.25) is 4.98 Å². The predicted molar refractivity (Wildman–Crippen MR) is 56.3 cm³/mol. The highest BCUT2D eigenvalue weighted by atomic mass is 19.4. The molecule has 0 aliphatic heterocycles. The highest BCUT2D eigenvalue weighted by Crippen LogP contribution is 2.32. The number of aromatic nitrogens is 1. The molecular formula is C12H7F4NO. The topological polar surface area (TPSA) is 22.1 Å². The molecule has 6 heteroatoms. The first kappa shape index (κ1) is 12.3. The van der Waals surface area contributed by atoms with Crippen molar-refractivity contribution in [3.05, 3.63) is 48.4 Å². The van der Waals surface area contributed by atoms with E-state index in [2.05, 4.69) is 9.72 Å². The average molecular weight is 257 g/mol. The summed E-state index contributed by atoms with van der Waals surface area (Å²) in [6.45, 7) is 0. The molecule has 0 aliphatic carbocycles. The van der Waals surface area contributed by atoms with E-state index in [9.17, 15) is 17.6 Å². The fourth-order valence-electron chi connectivity index (χ4n) is 1.44. The molecule has 0 N–H and O–H groups in total. The maximum Gasteiger partial charge on any atom is 0.573 e. The minimum atomic E-state index is -4.80. The number of hydrogen-bond donors (Lipinski definition) is 0. The molecule has 0 bridgehead atoms. The van der Waals surface area contributed by atoms with Crippen LogP contribution in [-0.4, -0.2) is 11.3 Å². The molecule has 1 heterocycles. The van der Waals surface area contributed by atoms with E-state index in [4.69, 9.17) is 0 Å². The molecule has 0 saturated heterocycles. The molecule has 2 nitrogen and oxygen atoms in total. The molecule has 2 aromatic rings. The quantitative estimate of drug-likeness (QED) is 0.764. The first-order chi connectivity index (χ1) is 8.46. The molecule has 0 saturated carbocycles. The lowest BCUT2D eigenvalue weighted by Gasteiger charge is -2.12. The number of hydrogen-bond acceptors (Lipinski definition) is 2. The summed E-state index contributed by atoms with van der Waals surface area (Å²) >= 11 is 0. The van der Waals surface area contributed by atoms with Gasteiger partial charge in [-0.05, 0) is 18.2 Å². The maximum absolute atomic E-state index is 13.0. The fraction of sp³-hybridized carbons (Fsp3) is 0.0833. The number of benzene rings is 1. The monoisotopic (exact) mass is 257 g/mol. The fourth-order valence-corrected chi connectivity index (χ4v) is 1.44. The lowest BCUT2D eigenvalue weighted by molar-refractivity contribution is -0.274. The minimum Gasteiger partial charge on any atom is -0.405 e. The van der Waals surface area contributed by atoms with Crippen LogP contribution in [0.25, 0.3) is 11.3 Å². The van der Waals surface area contributed by atoms with Crippen LogP contribution in [0, 0.1) is 5.82 Å². The van der Waals surface area contributed by atoms with Crippen LogP contribution >= 0.6 is 0 Å². The molecule has 0 fully saturated rings. The average Bonchev–Trinajstić information content (AvgIpc) is 2.27. The summed E-state index contributed by atoms with van der Waals surface area (Å²) in [5.41, 5.74) is 0.157. The van der Waals surface area contributed by atoms with Crippen molar-refractivity contribution in [2.45, 2.75) is 6.36 Å². The Bertz CT molecular complexity index is 554. The molecular weight excluding hydrogens is 250 g/mol. The van der Waals surface area contributed by atoms with Gasteiger partial charge >= 0.3 is 6.36 Å². The Morgan fingerprint density at radius 1 is 1.06 bits per heavy atom. The lowest BCUT2D eigenvalue weighted by Crippen LogP contribution is -2.17. The van der Waals surface area contributed by atoms with Crippen LogP contribution in [-0.2, 0) is 0 Å². The summed E-state index contributed by atoms with van der Waals surface area (Å²) in [5, 5.41) is 0. The Morgan fingerprint density at radius 3 is 2.44 bits per heavy atom. The minimum absolute atomic E-state index is 0.0781. The van der Waals surface area contributed by atoms with E-state index in [0.717, 1.165) is 18.2 Å². The Kier molecular flexibility index (Phi) is 3.18. The zero-order chi connectivity index (χ0) is 13.2. The van der Waals surface area contributed by atoms with Crippen molar-refractivity contribution in [2.75, 3.05) is 0 Å². The third kappa shape index (κ3) is 2.97. The summed E-state index contributed by atoms with van der Waals surface area (Å²) in [7, 11) is 0. The molecule has 0 atom stereocenters. The largest absolute Gasteiger partial charge is 0.573 e. The standard InChI is InChI=1S/C12H7F4NO/c13-8-5-6-17-10(7-8)9-3-1-2-4-11(9)18-12(14,15)16/h1-7H. The van der Waals surface area contributed by atoms with Gasteiger partial charge in [0.05, 0.1) is 5.69 Å². The van der Waals surface area contributed by atoms with Gasteiger partial charge in [-0.2, -0.15) is 0 Å². The molecule has 1 aromatic heterocycles. The van der Waals surface area contributed by atoms with Gasteiger partial charge in [0.1, 0.15) is 11.6 Å². The van der Waals surface area contributed by atoms with Gasteiger partial charge < -0.3 is 4.74 Å². The second-order valence-corrected chi connectivity index (χ2v) is 3.40. The van der Waals surface area contributed by atoms with Gasteiger partial charge in [0.25, 0.3) is 0 Å². The molecule has 2 rings (SSSR count). The van der Waals surface area contributed by atoms with Crippen LogP contribution in [0.4, 0.5) is 17.6 Å². The number of pyridine rings is 1. The molecule has 0 spiro atoms. The van der Waals surface area contributed by atoms with E-state index < -0.39 is 17.9 Å². The second kappa shape index (κ2) is 4.64. The highest BCUT2D eigenvalue weighted by Gasteiger charge is 2.32. The number of rotatable bonds is 2. The van der Waals surface area contributed by atoms with E-state index >= 15 is 0 Å². The van der Waals surface area contributed by atoms with Crippen LogP contribution in [0.3, 0.4) is 0 Å². The molecule has 0 aliphatic rings. The summed E-state index contributed by atoms with van der Waals surface area (Å²) in [6, 6.07) is 7.59. The van der Waals surface area contributed by atoms with E-state index in [1.165, 1.54) is 24.4 Å². The van der Waals surface area contributed by atoms with Crippen LogP contribution in [0.1, 0.15) is 0 Å². The van der Waals surface area contributed by atoms with Gasteiger partial charge in [0.2, 0.25) is 0 Å². The third-order valence-electron chi connectivity index (χ3n) is 2.11. The molecule has 0 radical (unpaired) electrons. The number of halogens is 4. The zero-order valence-electron chi connectivity index (χ0n) is 8.91. The number of ether oxygens (including phenoxy) is 1. The van der Waals surface area contributed by atoms with Crippen molar-refractivity contribution in [2.24, 2.45) is 0 Å². The third-order valence-corrected chi connectivity index (χ3v) is 2.11. The van der Waals surface area contributed by atoms with Crippen molar-refractivity contribution in [1.82, 2.24) is 4.98 Å². The SMILES string of the molecule is Fc1ccnc(-c2ccccc2OC(F)(F)F)c1. The number of nitrogens with zero attached hydrogens (tertiary/aromatic N) is 1. The maximum atomic E-state index is 13.0. The van der Waals surface area contributed by atoms with Crippen molar-refractivity contribution >= 4 is 0 Å². The Balaban J connectivity index is 2.45. The van der Waals surface area contributed by atoms with Crippen LogP contribution in [0.15, 0.2) is 42.6 Å². The van der Waals surface area contributed by atoms with Crippen LogP contribution in [0.5, 0.6) is 5.75 Å². The molecule has 94 valence electrons. The second-order valence-electron chi connectivity index (χ2n) is 3.40. The van der Waals surface area contributed by atoms with Crippen LogP contribution in [0.2, 0.25) is 0 Å². The molecule has 0 unspecified atom stereocenters. The summed E-state index contributed by atoms with van der Waals surface area (Å²) in [6.07, 6.45) is -3.63. The summed E-state index contributed by atoms with van der Waals surface area (Å²) in [5.74, 6) is -0.995. The van der Waals surface area contributed by atoms with E-state index in [-0.39, 0.29) is 11.3 Å². The Morgan fingerprint density at radius 2 is 1.78 bits per heavy atom. The normalized spacial score (nSPS) is 11.3. The van der Waals surface area contributed by atoms with Crippen molar-refractivity contribution < 1.29 is 22.3 Å². The first-order valence-electron chi connectivity index (χ1n) is 4.92. The Hall–Kier alpha value is -2.11. The molecule has 18 heavy (non-hydrogen) atoms.